The summed E-state index contributed by atoms with van der Waals surface area (Å²) < 4.78 is 1.06. The number of carbonyl (C=O) groups excluding carboxylic acids is 1. The normalized spacial score (nSPS) is 12.6. The first-order chi connectivity index (χ1) is 11.2. The lowest BCUT2D eigenvalue weighted by atomic mass is 9.88. The summed E-state index contributed by atoms with van der Waals surface area (Å²) in [6.07, 6.45) is 15.8. The zero-order valence-corrected chi connectivity index (χ0v) is 17.8. The van der Waals surface area contributed by atoms with Crippen LogP contribution >= 0.6 is 0 Å². The second kappa shape index (κ2) is 12.9. The summed E-state index contributed by atoms with van der Waals surface area (Å²) >= 11 is 0. The van der Waals surface area contributed by atoms with E-state index in [9.17, 15) is 4.79 Å². The fourth-order valence-electron chi connectivity index (χ4n) is 3.18. The van der Waals surface area contributed by atoms with E-state index in [-0.39, 0.29) is 5.41 Å². The van der Waals surface area contributed by atoms with Gasteiger partial charge in [-0.25, -0.2) is 0 Å². The highest BCUT2D eigenvalue weighted by molar-refractivity contribution is 5.83. The van der Waals surface area contributed by atoms with Crippen molar-refractivity contribution in [1.29, 1.82) is 0 Å². The molecule has 0 saturated heterocycles. The predicted molar refractivity (Wildman–Crippen MR) is 107 cm³/mol. The van der Waals surface area contributed by atoms with Crippen LogP contribution in [-0.4, -0.2) is 37.5 Å². The van der Waals surface area contributed by atoms with Gasteiger partial charge in [0, 0.05) is 18.3 Å². The zero-order valence-electron chi connectivity index (χ0n) is 17.8. The molecule has 2 nitrogen and oxygen atoms in total. The molecule has 2 heteroatoms. The first kappa shape index (κ1) is 23.6. The van der Waals surface area contributed by atoms with E-state index >= 15 is 0 Å². The Morgan fingerprint density at radius 2 is 1.12 bits per heavy atom. The molecule has 0 amide bonds. The van der Waals surface area contributed by atoms with Gasteiger partial charge in [-0.05, 0) is 12.8 Å². The van der Waals surface area contributed by atoms with Gasteiger partial charge in [-0.2, -0.15) is 0 Å². The minimum Gasteiger partial charge on any atom is -0.328 e. The van der Waals surface area contributed by atoms with Crippen LogP contribution < -0.4 is 0 Å². The lowest BCUT2D eigenvalue weighted by Crippen LogP contribution is -2.41. The molecular weight excluding hydrogens is 294 g/mol. The minimum atomic E-state index is -0.173. The summed E-state index contributed by atoms with van der Waals surface area (Å²) in [6.45, 7) is 10.7. The van der Waals surface area contributed by atoms with Crippen LogP contribution in [-0.2, 0) is 4.79 Å². The molecule has 144 valence electrons. The predicted octanol–water partition coefficient (Wildman–Crippen LogP) is 6.38. The number of ketones is 1. The van der Waals surface area contributed by atoms with Crippen LogP contribution in [0.1, 0.15) is 105 Å². The fraction of sp³-hybridized carbons (Fsp3) is 0.955. The van der Waals surface area contributed by atoms with Gasteiger partial charge in [0.25, 0.3) is 0 Å². The molecule has 0 saturated carbocycles. The van der Waals surface area contributed by atoms with Gasteiger partial charge in [0.15, 0.2) is 0 Å². The highest BCUT2D eigenvalue weighted by Gasteiger charge is 2.22. The van der Waals surface area contributed by atoms with Crippen LogP contribution in [0.3, 0.4) is 0 Å². The molecule has 24 heavy (non-hydrogen) atoms. The molecule has 0 N–H and O–H groups in total. The molecule has 0 radical (unpaired) electrons. The summed E-state index contributed by atoms with van der Waals surface area (Å²) in [6, 6.07) is 0. The van der Waals surface area contributed by atoms with E-state index in [1.807, 2.05) is 20.8 Å². The quantitative estimate of drug-likeness (QED) is 0.250. The topological polar surface area (TPSA) is 17.1 Å². The van der Waals surface area contributed by atoms with Crippen LogP contribution in [0.15, 0.2) is 0 Å². The lowest BCUT2D eigenvalue weighted by molar-refractivity contribution is -0.890. The van der Waals surface area contributed by atoms with E-state index in [0.717, 1.165) is 23.9 Å². The highest BCUT2D eigenvalue weighted by Crippen LogP contribution is 2.18. The number of unbranched alkanes of at least 4 members (excludes halogenated alkanes) is 9. The third-order valence-electron chi connectivity index (χ3n) is 5.12. The van der Waals surface area contributed by atoms with E-state index in [4.69, 9.17) is 0 Å². The molecule has 0 aromatic carbocycles. The van der Waals surface area contributed by atoms with Gasteiger partial charge in [-0.3, -0.25) is 4.79 Å². The first-order valence-electron chi connectivity index (χ1n) is 10.5. The maximum absolute atomic E-state index is 12.0. The van der Waals surface area contributed by atoms with Crippen molar-refractivity contribution in [3.63, 3.8) is 0 Å². The first-order valence-corrected chi connectivity index (χ1v) is 10.5. The fourth-order valence-corrected chi connectivity index (χ4v) is 3.18. The molecule has 0 aromatic heterocycles. The standard InChI is InChI=1S/C22H46NO/c1-7-8-9-10-11-12-13-14-15-16-19-23(5,6)20-17-18-21(24)22(2,3)4/h7-20H2,1-6H3/q+1. The maximum Gasteiger partial charge on any atom is 0.138 e. The Morgan fingerprint density at radius 1 is 0.708 bits per heavy atom. The summed E-state index contributed by atoms with van der Waals surface area (Å²) in [7, 11) is 4.63. The average molecular weight is 341 g/mol. The van der Waals surface area contributed by atoms with Crippen LogP contribution in [0.2, 0.25) is 0 Å². The Kier molecular flexibility index (Phi) is 12.7. The van der Waals surface area contributed by atoms with Gasteiger partial charge in [-0.1, -0.05) is 79.1 Å². The van der Waals surface area contributed by atoms with Crippen molar-refractivity contribution in [1.82, 2.24) is 0 Å². The average Bonchev–Trinajstić information content (AvgIpc) is 2.48. The Morgan fingerprint density at radius 3 is 1.58 bits per heavy atom. The molecule has 0 aliphatic heterocycles. The molecule has 0 heterocycles. The maximum atomic E-state index is 12.0. The van der Waals surface area contributed by atoms with Crippen molar-refractivity contribution in [2.45, 2.75) is 105 Å². The SMILES string of the molecule is CCCCCCCCCCCC[N+](C)(C)CCCC(=O)C(C)(C)C. The smallest absolute Gasteiger partial charge is 0.138 e. The molecule has 0 rings (SSSR count). The number of quaternary nitrogens is 1. The number of hydrogen-bond acceptors (Lipinski definition) is 1. The number of rotatable bonds is 15. The van der Waals surface area contributed by atoms with Crippen LogP contribution in [0.5, 0.6) is 0 Å². The van der Waals surface area contributed by atoms with Gasteiger partial charge in [-0.15, -0.1) is 0 Å². The van der Waals surface area contributed by atoms with Gasteiger partial charge in [0.1, 0.15) is 5.78 Å². The number of nitrogens with zero attached hydrogens (tertiary/aromatic N) is 1. The molecule has 0 bridgehead atoms. The lowest BCUT2D eigenvalue weighted by Gasteiger charge is -2.30. The van der Waals surface area contributed by atoms with Crippen LogP contribution in [0, 0.1) is 5.41 Å². The third-order valence-corrected chi connectivity index (χ3v) is 5.12. The molecule has 0 atom stereocenters. The Labute approximate surface area is 153 Å². The molecule has 0 aromatic rings. The molecular formula is C22H46NO+. The summed E-state index contributed by atoms with van der Waals surface area (Å²) in [4.78, 5) is 12.0. The number of Topliss-reactive ketones (excluding diaryl/α,β-unsaturated/α-hetero) is 1. The largest absolute Gasteiger partial charge is 0.328 e. The molecule has 0 aliphatic rings. The number of hydrogen-bond donors (Lipinski definition) is 0. The zero-order chi connectivity index (χ0) is 18.5. The van der Waals surface area contributed by atoms with Crippen molar-refractivity contribution in [2.24, 2.45) is 5.41 Å². The van der Waals surface area contributed by atoms with Crippen molar-refractivity contribution in [3.8, 4) is 0 Å². The molecule has 0 unspecified atom stereocenters. The minimum absolute atomic E-state index is 0.173. The van der Waals surface area contributed by atoms with Gasteiger partial charge in [0.05, 0.1) is 27.2 Å². The van der Waals surface area contributed by atoms with E-state index < -0.39 is 0 Å². The Bertz CT molecular complexity index is 314. The van der Waals surface area contributed by atoms with Gasteiger partial charge < -0.3 is 4.48 Å². The van der Waals surface area contributed by atoms with Crippen LogP contribution in [0.25, 0.3) is 0 Å². The second-order valence-electron chi connectivity index (χ2n) is 9.34. The molecule has 0 spiro atoms. The van der Waals surface area contributed by atoms with Crippen molar-refractivity contribution < 1.29 is 9.28 Å². The second-order valence-corrected chi connectivity index (χ2v) is 9.34. The Hall–Kier alpha value is -0.370. The monoisotopic (exact) mass is 340 g/mol. The van der Waals surface area contributed by atoms with E-state index in [1.54, 1.807) is 0 Å². The van der Waals surface area contributed by atoms with Gasteiger partial charge in [0.2, 0.25) is 0 Å². The summed E-state index contributed by atoms with van der Waals surface area (Å²) in [5, 5.41) is 0. The molecule has 0 fully saturated rings. The van der Waals surface area contributed by atoms with Crippen molar-refractivity contribution in [3.05, 3.63) is 0 Å². The summed E-state index contributed by atoms with van der Waals surface area (Å²) in [5.74, 6) is 0.404. The van der Waals surface area contributed by atoms with Crippen molar-refractivity contribution >= 4 is 5.78 Å². The van der Waals surface area contributed by atoms with E-state index in [1.165, 1.54) is 70.8 Å². The highest BCUT2D eigenvalue weighted by atomic mass is 16.1. The van der Waals surface area contributed by atoms with E-state index in [0.29, 0.717) is 5.78 Å². The van der Waals surface area contributed by atoms with Gasteiger partial charge >= 0.3 is 0 Å². The van der Waals surface area contributed by atoms with Crippen LogP contribution in [0.4, 0.5) is 0 Å². The third kappa shape index (κ3) is 14.0. The summed E-state index contributed by atoms with van der Waals surface area (Å²) in [5.41, 5.74) is -0.173. The van der Waals surface area contributed by atoms with E-state index in [2.05, 4.69) is 21.0 Å². The number of carbonyl (C=O) groups is 1. The molecule has 0 aliphatic carbocycles. The van der Waals surface area contributed by atoms with Crippen molar-refractivity contribution in [2.75, 3.05) is 27.2 Å². The Balaban J connectivity index is 3.55.